The molecule has 1 amide bonds. The lowest BCUT2D eigenvalue weighted by molar-refractivity contribution is -0.121. The highest BCUT2D eigenvalue weighted by molar-refractivity contribution is 5.85. The zero-order valence-corrected chi connectivity index (χ0v) is 12.9. The molecule has 0 unspecified atom stereocenters. The molecule has 0 radical (unpaired) electrons. The second-order valence-corrected chi connectivity index (χ2v) is 4.41. The molecule has 0 heterocycles. The molecule has 0 aliphatic carbocycles. The number of carbonyl (C=O) groups excluding carboxylic acids is 1. The number of nitrogens with one attached hydrogen (secondary N) is 2. The van der Waals surface area contributed by atoms with Gasteiger partial charge in [-0.2, -0.15) is 0 Å². The molecule has 1 aromatic carbocycles. The summed E-state index contributed by atoms with van der Waals surface area (Å²) >= 11 is 0. The molecule has 0 saturated heterocycles. The van der Waals surface area contributed by atoms with E-state index >= 15 is 0 Å². The lowest BCUT2D eigenvalue weighted by Gasteiger charge is -2.06. The summed E-state index contributed by atoms with van der Waals surface area (Å²) in [7, 11) is 1.87. The first-order chi connectivity index (χ1) is 9.33. The van der Waals surface area contributed by atoms with Gasteiger partial charge in [-0.25, -0.2) is 0 Å². The number of halogens is 1. The van der Waals surface area contributed by atoms with Crippen LogP contribution in [0.4, 0.5) is 0 Å². The summed E-state index contributed by atoms with van der Waals surface area (Å²) in [5, 5.41) is 5.83. The van der Waals surface area contributed by atoms with Gasteiger partial charge >= 0.3 is 0 Å². The number of hydrogen-bond acceptors (Lipinski definition) is 3. The lowest BCUT2D eigenvalue weighted by atomic mass is 10.2. The molecule has 0 atom stereocenters. The number of amides is 1. The minimum Gasteiger partial charge on any atom is -0.381 e. The Morgan fingerprint density at radius 2 is 1.90 bits per heavy atom. The molecule has 2 N–H and O–H groups in total. The highest BCUT2D eigenvalue weighted by Gasteiger charge is 1.99. The average molecular weight is 301 g/mol. The van der Waals surface area contributed by atoms with Crippen molar-refractivity contribution < 1.29 is 9.53 Å². The second kappa shape index (κ2) is 12.9. The first-order valence-corrected chi connectivity index (χ1v) is 6.86. The van der Waals surface area contributed by atoms with Crippen molar-refractivity contribution in [1.29, 1.82) is 0 Å². The largest absolute Gasteiger partial charge is 0.381 e. The van der Waals surface area contributed by atoms with Crippen molar-refractivity contribution in [2.45, 2.75) is 19.3 Å². The number of ether oxygens (including phenoxy) is 1. The quantitative estimate of drug-likeness (QED) is 0.648. The van der Waals surface area contributed by atoms with E-state index in [1.807, 2.05) is 25.2 Å². The van der Waals surface area contributed by atoms with Crippen molar-refractivity contribution in [1.82, 2.24) is 10.6 Å². The maximum absolute atomic E-state index is 11.4. The van der Waals surface area contributed by atoms with Crippen LogP contribution in [0.1, 0.15) is 18.4 Å². The topological polar surface area (TPSA) is 50.4 Å². The fourth-order valence-electron chi connectivity index (χ4n) is 1.69. The van der Waals surface area contributed by atoms with Gasteiger partial charge in [0.2, 0.25) is 5.91 Å². The van der Waals surface area contributed by atoms with E-state index in [-0.39, 0.29) is 18.3 Å². The van der Waals surface area contributed by atoms with Crippen LogP contribution in [-0.4, -0.2) is 39.3 Å². The van der Waals surface area contributed by atoms with Gasteiger partial charge in [-0.1, -0.05) is 30.3 Å². The van der Waals surface area contributed by atoms with E-state index in [2.05, 4.69) is 22.8 Å². The number of carbonyl (C=O) groups is 1. The molecule has 0 bridgehead atoms. The van der Waals surface area contributed by atoms with E-state index in [4.69, 9.17) is 4.74 Å². The van der Waals surface area contributed by atoms with Gasteiger partial charge in [0.25, 0.3) is 0 Å². The molecular formula is C15H25ClN2O2. The molecule has 0 fully saturated rings. The van der Waals surface area contributed by atoms with Crippen LogP contribution in [0.3, 0.4) is 0 Å². The van der Waals surface area contributed by atoms with Gasteiger partial charge in [-0.15, -0.1) is 12.4 Å². The van der Waals surface area contributed by atoms with Crippen molar-refractivity contribution >= 4 is 18.3 Å². The molecule has 114 valence electrons. The Labute approximate surface area is 127 Å². The first-order valence-electron chi connectivity index (χ1n) is 6.86. The van der Waals surface area contributed by atoms with Crippen LogP contribution in [0.15, 0.2) is 30.3 Å². The third kappa shape index (κ3) is 9.78. The lowest BCUT2D eigenvalue weighted by Crippen LogP contribution is -2.30. The van der Waals surface area contributed by atoms with Gasteiger partial charge in [0.1, 0.15) is 0 Å². The SMILES string of the molecule is CNCCNC(=O)CCCOCCc1ccccc1.Cl. The smallest absolute Gasteiger partial charge is 0.220 e. The summed E-state index contributed by atoms with van der Waals surface area (Å²) in [6.45, 7) is 2.85. The van der Waals surface area contributed by atoms with E-state index in [9.17, 15) is 4.79 Å². The average Bonchev–Trinajstić information content (AvgIpc) is 2.44. The Morgan fingerprint density at radius 3 is 2.60 bits per heavy atom. The van der Waals surface area contributed by atoms with Gasteiger partial charge in [-0.05, 0) is 25.5 Å². The highest BCUT2D eigenvalue weighted by Crippen LogP contribution is 2.00. The predicted molar refractivity (Wildman–Crippen MR) is 84.4 cm³/mol. The predicted octanol–water partition coefficient (Wildman–Crippen LogP) is 1.78. The van der Waals surface area contributed by atoms with Gasteiger partial charge in [0.15, 0.2) is 0 Å². The van der Waals surface area contributed by atoms with E-state index in [1.165, 1.54) is 5.56 Å². The van der Waals surface area contributed by atoms with Gasteiger partial charge in [0, 0.05) is 26.1 Å². The number of hydrogen-bond donors (Lipinski definition) is 2. The highest BCUT2D eigenvalue weighted by atomic mass is 35.5. The van der Waals surface area contributed by atoms with Crippen LogP contribution in [-0.2, 0) is 16.0 Å². The monoisotopic (exact) mass is 300 g/mol. The van der Waals surface area contributed by atoms with E-state index in [1.54, 1.807) is 0 Å². The van der Waals surface area contributed by atoms with E-state index in [0.717, 1.165) is 19.4 Å². The molecule has 0 saturated carbocycles. The maximum Gasteiger partial charge on any atom is 0.220 e. The third-order valence-electron chi connectivity index (χ3n) is 2.77. The molecule has 20 heavy (non-hydrogen) atoms. The minimum absolute atomic E-state index is 0. The molecular weight excluding hydrogens is 276 g/mol. The first kappa shape index (κ1) is 18.9. The number of rotatable bonds is 10. The van der Waals surface area contributed by atoms with Crippen molar-refractivity contribution in [2.75, 3.05) is 33.4 Å². The van der Waals surface area contributed by atoms with E-state index in [0.29, 0.717) is 26.2 Å². The summed E-state index contributed by atoms with van der Waals surface area (Å²) < 4.78 is 5.52. The zero-order chi connectivity index (χ0) is 13.8. The molecule has 0 aliphatic heterocycles. The van der Waals surface area contributed by atoms with Gasteiger partial charge < -0.3 is 15.4 Å². The Hall–Kier alpha value is -1.10. The fourth-order valence-corrected chi connectivity index (χ4v) is 1.69. The Kier molecular flexibility index (Phi) is 12.2. The van der Waals surface area contributed by atoms with Crippen LogP contribution < -0.4 is 10.6 Å². The molecule has 0 aliphatic rings. The second-order valence-electron chi connectivity index (χ2n) is 4.41. The number of benzene rings is 1. The van der Waals surface area contributed by atoms with Crippen molar-refractivity contribution in [3.63, 3.8) is 0 Å². The number of likely N-dealkylation sites (N-methyl/N-ethyl adjacent to an activating group) is 1. The molecule has 5 heteroatoms. The van der Waals surface area contributed by atoms with Crippen LogP contribution in [0, 0.1) is 0 Å². The van der Waals surface area contributed by atoms with Crippen LogP contribution >= 0.6 is 12.4 Å². The minimum atomic E-state index is 0. The van der Waals surface area contributed by atoms with Crippen LogP contribution in [0.5, 0.6) is 0 Å². The van der Waals surface area contributed by atoms with E-state index < -0.39 is 0 Å². The van der Waals surface area contributed by atoms with Crippen molar-refractivity contribution in [2.24, 2.45) is 0 Å². The van der Waals surface area contributed by atoms with Crippen molar-refractivity contribution in [3.8, 4) is 0 Å². The van der Waals surface area contributed by atoms with Crippen LogP contribution in [0.2, 0.25) is 0 Å². The fraction of sp³-hybridized carbons (Fsp3) is 0.533. The zero-order valence-electron chi connectivity index (χ0n) is 12.1. The molecule has 0 aromatic heterocycles. The van der Waals surface area contributed by atoms with Crippen LogP contribution in [0.25, 0.3) is 0 Å². The molecule has 1 rings (SSSR count). The summed E-state index contributed by atoms with van der Waals surface area (Å²) in [4.78, 5) is 11.4. The van der Waals surface area contributed by atoms with Gasteiger partial charge in [-0.3, -0.25) is 4.79 Å². The Morgan fingerprint density at radius 1 is 1.15 bits per heavy atom. The molecule has 4 nitrogen and oxygen atoms in total. The Bertz CT molecular complexity index is 347. The van der Waals surface area contributed by atoms with Gasteiger partial charge in [0.05, 0.1) is 6.61 Å². The summed E-state index contributed by atoms with van der Waals surface area (Å²) in [5.74, 6) is 0.0990. The maximum atomic E-state index is 11.4. The molecule has 1 aromatic rings. The normalized spacial score (nSPS) is 9.85. The Balaban J connectivity index is 0.00000361. The van der Waals surface area contributed by atoms with Crippen molar-refractivity contribution in [3.05, 3.63) is 35.9 Å². The third-order valence-corrected chi connectivity index (χ3v) is 2.77. The summed E-state index contributed by atoms with van der Waals surface area (Å²) in [6, 6.07) is 10.3. The summed E-state index contributed by atoms with van der Waals surface area (Å²) in [6.07, 6.45) is 2.24. The summed E-state index contributed by atoms with van der Waals surface area (Å²) in [5.41, 5.74) is 1.28. The standard InChI is InChI=1S/C15H24N2O2.ClH/c1-16-10-11-17-15(18)8-5-12-19-13-9-14-6-3-2-4-7-14;/h2-4,6-7,16H,5,8-13H2,1H3,(H,17,18);1H. The molecule has 0 spiro atoms.